The Hall–Kier alpha value is -0.350. The van der Waals surface area contributed by atoms with E-state index in [-0.39, 0.29) is 0 Å². The molecular weight excluding hydrogens is 358 g/mol. The summed E-state index contributed by atoms with van der Waals surface area (Å²) in [6.45, 7) is 1.87. The molecule has 1 aromatic carbocycles. The monoisotopic (exact) mass is 364 g/mol. The van der Waals surface area contributed by atoms with Crippen molar-refractivity contribution in [2.75, 3.05) is 0 Å². The lowest BCUT2D eigenvalue weighted by atomic mass is 10.1. The van der Waals surface area contributed by atoms with Crippen LogP contribution in [0.15, 0.2) is 22.7 Å². The number of hydrogen-bond acceptors (Lipinski definition) is 2. The Balaban J connectivity index is 2.31. The summed E-state index contributed by atoms with van der Waals surface area (Å²) < 4.78 is 0.724. The molecule has 0 aliphatic carbocycles. The van der Waals surface area contributed by atoms with Gasteiger partial charge in [-0.25, -0.2) is 9.97 Å². The predicted molar refractivity (Wildman–Crippen MR) is 78.7 cm³/mol. The average molecular weight is 366 g/mol. The van der Waals surface area contributed by atoms with E-state index in [0.717, 1.165) is 15.7 Å². The summed E-state index contributed by atoms with van der Waals surface area (Å²) in [7, 11) is 0. The van der Waals surface area contributed by atoms with Crippen molar-refractivity contribution in [2.24, 2.45) is 0 Å². The molecule has 2 rings (SSSR count). The van der Waals surface area contributed by atoms with Crippen LogP contribution in [-0.4, -0.2) is 9.97 Å². The van der Waals surface area contributed by atoms with E-state index in [4.69, 9.17) is 34.8 Å². The van der Waals surface area contributed by atoms with E-state index in [1.807, 2.05) is 13.0 Å². The van der Waals surface area contributed by atoms with Gasteiger partial charge in [-0.15, -0.1) is 0 Å². The van der Waals surface area contributed by atoms with Crippen molar-refractivity contribution in [3.63, 3.8) is 0 Å². The van der Waals surface area contributed by atoms with Gasteiger partial charge in [-0.1, -0.05) is 40.9 Å². The van der Waals surface area contributed by atoms with E-state index in [2.05, 4.69) is 25.9 Å². The molecule has 2 aromatic rings. The van der Waals surface area contributed by atoms with Crippen LogP contribution in [0.1, 0.15) is 17.1 Å². The molecule has 0 N–H and O–H groups in total. The summed E-state index contributed by atoms with van der Waals surface area (Å²) in [4.78, 5) is 8.57. The summed E-state index contributed by atoms with van der Waals surface area (Å²) in [6, 6.07) is 5.45. The first-order valence-electron chi connectivity index (χ1n) is 5.10. The molecule has 0 radical (unpaired) electrons. The first-order chi connectivity index (χ1) is 8.47. The molecule has 0 saturated carbocycles. The zero-order valence-corrected chi connectivity index (χ0v) is 13.2. The molecule has 1 aromatic heterocycles. The molecule has 0 saturated heterocycles. The summed E-state index contributed by atoms with van der Waals surface area (Å²) in [5, 5.41) is 1.47. The van der Waals surface area contributed by atoms with Crippen molar-refractivity contribution < 1.29 is 0 Å². The Bertz CT molecular complexity index is 579. The molecule has 0 spiro atoms. The van der Waals surface area contributed by atoms with Gasteiger partial charge in [0.1, 0.15) is 11.0 Å². The highest BCUT2D eigenvalue weighted by molar-refractivity contribution is 9.10. The van der Waals surface area contributed by atoms with Crippen LogP contribution < -0.4 is 0 Å². The van der Waals surface area contributed by atoms with Crippen LogP contribution in [0.4, 0.5) is 0 Å². The molecule has 94 valence electrons. The highest BCUT2D eigenvalue weighted by Gasteiger charge is 2.08. The fourth-order valence-electron chi connectivity index (χ4n) is 1.49. The smallest absolute Gasteiger partial charge is 0.147 e. The molecular formula is C12H8BrCl3N2. The molecule has 0 bridgehead atoms. The quantitative estimate of drug-likeness (QED) is 0.691. The van der Waals surface area contributed by atoms with Crippen molar-refractivity contribution in [3.05, 3.63) is 55.0 Å². The van der Waals surface area contributed by atoms with Gasteiger partial charge in [0.2, 0.25) is 0 Å². The largest absolute Gasteiger partial charge is 0.237 e. The van der Waals surface area contributed by atoms with Crippen molar-refractivity contribution in [1.82, 2.24) is 9.97 Å². The van der Waals surface area contributed by atoms with E-state index in [9.17, 15) is 0 Å². The van der Waals surface area contributed by atoms with Crippen molar-refractivity contribution in [2.45, 2.75) is 13.3 Å². The summed E-state index contributed by atoms with van der Waals surface area (Å²) in [6.07, 6.45) is 0.560. The molecule has 6 heteroatoms. The standard InChI is InChI=1S/C12H8BrCl3N2/c1-6-11(13)12(16)18-10(17-6)5-7-2-3-8(14)9(15)4-7/h2-4H,5H2,1H3. The summed E-state index contributed by atoms with van der Waals surface area (Å²) in [5.74, 6) is 0.652. The van der Waals surface area contributed by atoms with Gasteiger partial charge in [0, 0.05) is 6.42 Å². The molecule has 0 atom stereocenters. The minimum atomic E-state index is 0.414. The molecule has 0 fully saturated rings. The Labute approximate surface area is 128 Å². The third-order valence-electron chi connectivity index (χ3n) is 2.37. The van der Waals surface area contributed by atoms with Gasteiger partial charge in [-0.3, -0.25) is 0 Å². The van der Waals surface area contributed by atoms with Crippen LogP contribution >= 0.6 is 50.7 Å². The van der Waals surface area contributed by atoms with E-state index in [0.29, 0.717) is 27.4 Å². The fraction of sp³-hybridized carbons (Fsp3) is 0.167. The van der Waals surface area contributed by atoms with Crippen LogP contribution in [0, 0.1) is 6.92 Å². The second-order valence-electron chi connectivity index (χ2n) is 3.76. The SMILES string of the molecule is Cc1nc(Cc2ccc(Cl)c(Cl)c2)nc(Cl)c1Br. The third kappa shape index (κ3) is 3.15. The van der Waals surface area contributed by atoms with Gasteiger partial charge in [-0.05, 0) is 40.5 Å². The van der Waals surface area contributed by atoms with Crippen LogP contribution in [0.3, 0.4) is 0 Å². The lowest BCUT2D eigenvalue weighted by Gasteiger charge is -2.06. The molecule has 0 amide bonds. The minimum absolute atomic E-state index is 0.414. The molecule has 1 heterocycles. The van der Waals surface area contributed by atoms with E-state index >= 15 is 0 Å². The first-order valence-corrected chi connectivity index (χ1v) is 7.02. The maximum Gasteiger partial charge on any atom is 0.147 e. The van der Waals surface area contributed by atoms with Gasteiger partial charge in [0.25, 0.3) is 0 Å². The van der Waals surface area contributed by atoms with Gasteiger partial charge in [-0.2, -0.15) is 0 Å². The Morgan fingerprint density at radius 3 is 2.44 bits per heavy atom. The van der Waals surface area contributed by atoms with Crippen LogP contribution in [0.2, 0.25) is 15.2 Å². The number of nitrogens with zero attached hydrogens (tertiary/aromatic N) is 2. The highest BCUT2D eigenvalue weighted by atomic mass is 79.9. The average Bonchev–Trinajstić information content (AvgIpc) is 2.31. The zero-order chi connectivity index (χ0) is 13.3. The lowest BCUT2D eigenvalue weighted by molar-refractivity contribution is 0.934. The van der Waals surface area contributed by atoms with Crippen molar-refractivity contribution in [1.29, 1.82) is 0 Å². The second kappa shape index (κ2) is 5.74. The first kappa shape index (κ1) is 14.1. The summed E-state index contributed by atoms with van der Waals surface area (Å²) in [5.41, 5.74) is 1.80. The van der Waals surface area contributed by atoms with Gasteiger partial charge < -0.3 is 0 Å². The lowest BCUT2D eigenvalue weighted by Crippen LogP contribution is -2.00. The number of benzene rings is 1. The number of rotatable bonds is 2. The number of aromatic nitrogens is 2. The highest BCUT2D eigenvalue weighted by Crippen LogP contribution is 2.25. The van der Waals surface area contributed by atoms with Crippen LogP contribution in [-0.2, 0) is 6.42 Å². The Kier molecular flexibility index (Phi) is 4.49. The van der Waals surface area contributed by atoms with Gasteiger partial charge >= 0.3 is 0 Å². The van der Waals surface area contributed by atoms with Gasteiger partial charge in [0.15, 0.2) is 0 Å². The topological polar surface area (TPSA) is 25.8 Å². The summed E-state index contributed by atoms with van der Waals surface area (Å²) >= 11 is 21.1. The fourth-order valence-corrected chi connectivity index (χ4v) is 2.22. The third-order valence-corrected chi connectivity index (χ3v) is 4.56. The predicted octanol–water partition coefficient (Wildman–Crippen LogP) is 5.10. The second-order valence-corrected chi connectivity index (χ2v) is 5.72. The Morgan fingerprint density at radius 2 is 1.83 bits per heavy atom. The zero-order valence-electron chi connectivity index (χ0n) is 9.35. The van der Waals surface area contributed by atoms with Gasteiger partial charge in [0.05, 0.1) is 20.2 Å². The maximum atomic E-state index is 6.00. The van der Waals surface area contributed by atoms with E-state index < -0.39 is 0 Å². The van der Waals surface area contributed by atoms with Crippen molar-refractivity contribution in [3.8, 4) is 0 Å². The molecule has 0 aliphatic heterocycles. The normalized spacial score (nSPS) is 10.7. The Morgan fingerprint density at radius 1 is 1.11 bits per heavy atom. The van der Waals surface area contributed by atoms with Crippen LogP contribution in [0.25, 0.3) is 0 Å². The number of halogens is 4. The molecule has 2 nitrogen and oxygen atoms in total. The van der Waals surface area contributed by atoms with Crippen LogP contribution in [0.5, 0.6) is 0 Å². The molecule has 18 heavy (non-hydrogen) atoms. The minimum Gasteiger partial charge on any atom is -0.237 e. The number of hydrogen-bond donors (Lipinski definition) is 0. The van der Waals surface area contributed by atoms with Crippen molar-refractivity contribution >= 4 is 50.7 Å². The maximum absolute atomic E-state index is 6.00. The molecule has 0 aliphatic rings. The molecule has 0 unspecified atom stereocenters. The number of aryl methyl sites for hydroxylation is 1. The van der Waals surface area contributed by atoms with E-state index in [1.165, 1.54) is 0 Å². The van der Waals surface area contributed by atoms with E-state index in [1.54, 1.807) is 12.1 Å².